The van der Waals surface area contributed by atoms with Crippen LogP contribution in [0.25, 0.3) is 0 Å². The van der Waals surface area contributed by atoms with E-state index < -0.39 is 17.9 Å². The molecule has 0 bridgehead atoms. The molecular weight excluding hydrogens is 230 g/mol. The van der Waals surface area contributed by atoms with Gasteiger partial charge in [0.15, 0.2) is 0 Å². The van der Waals surface area contributed by atoms with E-state index in [2.05, 4.69) is 17.9 Å². The molecule has 1 amide bonds. The Labute approximate surface area is 97.5 Å². The van der Waals surface area contributed by atoms with E-state index in [1.807, 2.05) is 0 Å². The van der Waals surface area contributed by atoms with E-state index in [9.17, 15) is 14.7 Å². The van der Waals surface area contributed by atoms with Crippen LogP contribution in [0.2, 0.25) is 0 Å². The van der Waals surface area contributed by atoms with Crippen LogP contribution in [0.1, 0.15) is 10.4 Å². The summed E-state index contributed by atoms with van der Waals surface area (Å²) in [5.41, 5.74) is 0.0375. The Hall–Kier alpha value is -1.69. The van der Waals surface area contributed by atoms with Gasteiger partial charge >= 0.3 is 5.97 Å². The Kier molecular flexibility index (Phi) is 4.19. The van der Waals surface area contributed by atoms with E-state index in [1.165, 1.54) is 12.1 Å². The molecule has 16 heavy (non-hydrogen) atoms. The quantitative estimate of drug-likeness (QED) is 0.578. The molecule has 0 heterocycles. The first-order valence-electron chi connectivity index (χ1n) is 4.48. The van der Waals surface area contributed by atoms with Gasteiger partial charge in [-0.15, -0.1) is 0 Å². The lowest BCUT2D eigenvalue weighted by molar-refractivity contribution is -0.138. The minimum absolute atomic E-state index is 0.0192. The molecule has 1 atom stereocenters. The van der Waals surface area contributed by atoms with Crippen LogP contribution in [0.15, 0.2) is 24.3 Å². The van der Waals surface area contributed by atoms with Crippen LogP contribution in [0.5, 0.6) is 5.75 Å². The zero-order valence-electron chi connectivity index (χ0n) is 8.25. The summed E-state index contributed by atoms with van der Waals surface area (Å²) in [6.07, 6.45) is 0. The van der Waals surface area contributed by atoms with Crippen molar-refractivity contribution in [3.63, 3.8) is 0 Å². The summed E-state index contributed by atoms with van der Waals surface area (Å²) in [5.74, 6) is -2.02. The lowest BCUT2D eigenvalue weighted by Crippen LogP contribution is -2.42. The summed E-state index contributed by atoms with van der Waals surface area (Å²) in [6, 6.07) is 4.83. The van der Waals surface area contributed by atoms with Crippen molar-refractivity contribution in [2.24, 2.45) is 0 Å². The van der Waals surface area contributed by atoms with Crippen LogP contribution >= 0.6 is 12.6 Å². The number of carbonyl (C=O) groups is 2. The van der Waals surface area contributed by atoms with Crippen LogP contribution < -0.4 is 5.32 Å². The molecule has 0 saturated heterocycles. The number of carbonyl (C=O) groups excluding carboxylic acids is 1. The average Bonchev–Trinajstić information content (AvgIpc) is 2.25. The summed E-state index contributed by atoms with van der Waals surface area (Å²) in [6.45, 7) is 0. The van der Waals surface area contributed by atoms with E-state index in [0.717, 1.165) is 0 Å². The number of carboxylic acids is 1. The fourth-order valence-corrected chi connectivity index (χ4v) is 1.33. The lowest BCUT2D eigenvalue weighted by atomic mass is 10.2. The highest BCUT2D eigenvalue weighted by Gasteiger charge is 2.20. The van der Waals surface area contributed by atoms with Crippen molar-refractivity contribution in [3.8, 4) is 5.75 Å². The smallest absolute Gasteiger partial charge is 0.327 e. The van der Waals surface area contributed by atoms with Crippen molar-refractivity contribution in [2.45, 2.75) is 6.04 Å². The Morgan fingerprint density at radius 2 is 2.00 bits per heavy atom. The molecule has 0 saturated carbocycles. The minimum Gasteiger partial charge on any atom is -0.507 e. The highest BCUT2D eigenvalue weighted by Crippen LogP contribution is 2.15. The van der Waals surface area contributed by atoms with Gasteiger partial charge in [0.25, 0.3) is 5.91 Å². The van der Waals surface area contributed by atoms with Crippen molar-refractivity contribution in [1.82, 2.24) is 5.32 Å². The molecular formula is C10H11NO4S. The summed E-state index contributed by atoms with van der Waals surface area (Å²) in [7, 11) is 0. The van der Waals surface area contributed by atoms with Crippen molar-refractivity contribution in [1.29, 1.82) is 0 Å². The van der Waals surface area contributed by atoms with Crippen LogP contribution in [-0.2, 0) is 4.79 Å². The first-order chi connectivity index (χ1) is 7.56. The highest BCUT2D eigenvalue weighted by atomic mass is 32.1. The molecule has 0 fully saturated rings. The second-order valence-corrected chi connectivity index (χ2v) is 3.43. The molecule has 1 aromatic carbocycles. The van der Waals surface area contributed by atoms with Crippen LogP contribution in [0.4, 0.5) is 0 Å². The van der Waals surface area contributed by atoms with Gasteiger partial charge in [-0.2, -0.15) is 12.6 Å². The molecule has 6 heteroatoms. The number of hydrogen-bond acceptors (Lipinski definition) is 4. The Bertz CT molecular complexity index is 408. The molecule has 3 N–H and O–H groups in total. The molecule has 0 unspecified atom stereocenters. The predicted molar refractivity (Wildman–Crippen MR) is 60.8 cm³/mol. The number of aliphatic carboxylic acids is 1. The monoisotopic (exact) mass is 241 g/mol. The normalized spacial score (nSPS) is 11.8. The maximum atomic E-state index is 11.6. The molecule has 0 aliphatic rings. The molecule has 5 nitrogen and oxygen atoms in total. The molecule has 1 aromatic rings. The zero-order chi connectivity index (χ0) is 12.1. The average molecular weight is 241 g/mol. The number of hydrogen-bond donors (Lipinski definition) is 4. The topological polar surface area (TPSA) is 86.6 Å². The number of aromatic hydroxyl groups is 1. The molecule has 0 aromatic heterocycles. The van der Waals surface area contributed by atoms with Gasteiger partial charge in [0, 0.05) is 5.75 Å². The number of para-hydroxylation sites is 1. The summed E-state index contributed by atoms with van der Waals surface area (Å²) in [5, 5.41) is 20.3. The number of phenols is 1. The number of thiol groups is 1. The maximum absolute atomic E-state index is 11.6. The third kappa shape index (κ3) is 2.90. The van der Waals surface area contributed by atoms with Crippen molar-refractivity contribution < 1.29 is 19.8 Å². The molecule has 1 rings (SSSR count). The number of carboxylic acid groups (broad SMARTS) is 1. The standard InChI is InChI=1S/C10H11NO4S/c12-8-4-2-1-3-6(8)9(13)11-7(5-16)10(14)15/h1-4,7,12,16H,5H2,(H,11,13)(H,14,15)/t7-/m0/s1. The third-order valence-electron chi connectivity index (χ3n) is 1.93. The highest BCUT2D eigenvalue weighted by molar-refractivity contribution is 7.80. The van der Waals surface area contributed by atoms with Crippen molar-refractivity contribution in [2.75, 3.05) is 5.75 Å². The summed E-state index contributed by atoms with van der Waals surface area (Å²) in [4.78, 5) is 22.2. The van der Waals surface area contributed by atoms with Crippen LogP contribution in [0, 0.1) is 0 Å². The van der Waals surface area contributed by atoms with E-state index in [-0.39, 0.29) is 17.1 Å². The van der Waals surface area contributed by atoms with Crippen molar-refractivity contribution >= 4 is 24.5 Å². The largest absolute Gasteiger partial charge is 0.507 e. The molecule has 0 aliphatic carbocycles. The van der Waals surface area contributed by atoms with E-state index >= 15 is 0 Å². The first-order valence-corrected chi connectivity index (χ1v) is 5.12. The minimum atomic E-state index is -1.17. The summed E-state index contributed by atoms with van der Waals surface area (Å²) < 4.78 is 0. The van der Waals surface area contributed by atoms with Gasteiger partial charge < -0.3 is 15.5 Å². The lowest BCUT2D eigenvalue weighted by Gasteiger charge is -2.12. The number of amides is 1. The van der Waals surface area contributed by atoms with Crippen LogP contribution in [0.3, 0.4) is 0 Å². The summed E-state index contributed by atoms with van der Waals surface area (Å²) >= 11 is 3.81. The van der Waals surface area contributed by atoms with Gasteiger partial charge in [0.05, 0.1) is 5.56 Å². The molecule has 0 radical (unpaired) electrons. The number of benzene rings is 1. The SMILES string of the molecule is O=C(N[C@@H](CS)C(=O)O)c1ccccc1O. The number of rotatable bonds is 4. The molecule has 0 aliphatic heterocycles. The second kappa shape index (κ2) is 5.41. The van der Waals surface area contributed by atoms with E-state index in [0.29, 0.717) is 0 Å². The van der Waals surface area contributed by atoms with Crippen LogP contribution in [-0.4, -0.2) is 33.9 Å². The van der Waals surface area contributed by atoms with Gasteiger partial charge in [-0.25, -0.2) is 4.79 Å². The van der Waals surface area contributed by atoms with E-state index in [4.69, 9.17) is 5.11 Å². The third-order valence-corrected chi connectivity index (χ3v) is 2.30. The second-order valence-electron chi connectivity index (χ2n) is 3.06. The fourth-order valence-electron chi connectivity index (χ4n) is 1.09. The zero-order valence-corrected chi connectivity index (χ0v) is 9.15. The van der Waals surface area contributed by atoms with Gasteiger partial charge in [0.1, 0.15) is 11.8 Å². The number of phenolic OH excluding ortho intramolecular Hbond substituents is 1. The first kappa shape index (κ1) is 12.4. The molecule has 0 spiro atoms. The van der Waals surface area contributed by atoms with Gasteiger partial charge in [0.2, 0.25) is 0 Å². The number of nitrogens with one attached hydrogen (secondary N) is 1. The predicted octanol–water partition coefficient (Wildman–Crippen LogP) is 0.505. The van der Waals surface area contributed by atoms with Crippen molar-refractivity contribution in [3.05, 3.63) is 29.8 Å². The Morgan fingerprint density at radius 3 is 2.50 bits per heavy atom. The van der Waals surface area contributed by atoms with Gasteiger partial charge in [-0.05, 0) is 12.1 Å². The molecule has 86 valence electrons. The Balaban J connectivity index is 2.80. The fraction of sp³-hybridized carbons (Fsp3) is 0.200. The van der Waals surface area contributed by atoms with E-state index in [1.54, 1.807) is 12.1 Å². The van der Waals surface area contributed by atoms with Gasteiger partial charge in [-0.1, -0.05) is 12.1 Å². The Morgan fingerprint density at radius 1 is 1.38 bits per heavy atom. The van der Waals surface area contributed by atoms with Gasteiger partial charge in [-0.3, -0.25) is 4.79 Å². The maximum Gasteiger partial charge on any atom is 0.327 e.